The molecule has 0 N–H and O–H groups in total. The summed E-state index contributed by atoms with van der Waals surface area (Å²) >= 11 is 18.6. The quantitative estimate of drug-likeness (QED) is 0.0424. The van der Waals surface area contributed by atoms with E-state index in [1.165, 1.54) is 134 Å². The molecule has 13 aromatic carbocycles. The largest absolute Gasteiger partial charge is 2.00 e. The van der Waals surface area contributed by atoms with Crippen LogP contribution in [-0.2, 0) is 33.0 Å². The molecule has 0 saturated heterocycles. The minimum absolute atomic E-state index is 0. The van der Waals surface area contributed by atoms with Crippen molar-refractivity contribution in [1.29, 1.82) is 0 Å². The van der Waals surface area contributed by atoms with Crippen molar-refractivity contribution in [2.24, 2.45) is 0 Å². The maximum absolute atomic E-state index is 8.26. The smallest absolute Gasteiger partial charge is 1.00 e. The predicted octanol–water partition coefficient (Wildman–Crippen LogP) is 39.1. The van der Waals surface area contributed by atoms with E-state index in [2.05, 4.69) is 506 Å². The molecule has 0 saturated carbocycles. The molecule has 12 heteroatoms. The number of nitrogens with zero attached hydrogens (tertiary/aromatic N) is 4. The fourth-order valence-corrected chi connectivity index (χ4v) is 19.6. The molecular formula is C132H156Cl6N4Ni2. The molecule has 0 atom stereocenters. The summed E-state index contributed by atoms with van der Waals surface area (Å²) in [6, 6.07) is 90.8. The van der Waals surface area contributed by atoms with Crippen LogP contribution in [0.4, 0.5) is 22.7 Å². The number of halogens is 6. The van der Waals surface area contributed by atoms with Gasteiger partial charge < -0.3 is 71.2 Å². The van der Waals surface area contributed by atoms with Crippen LogP contribution in [0.5, 0.6) is 0 Å². The topological polar surface area (TPSA) is 17.4 Å². The molecule has 0 heterocycles. The van der Waals surface area contributed by atoms with Gasteiger partial charge in [-0.05, 0) is 273 Å². The molecule has 13 aromatic rings. The molecule has 0 amide bonds. The zero-order valence-electron chi connectivity index (χ0n) is 91.3. The summed E-state index contributed by atoms with van der Waals surface area (Å²) in [6.07, 6.45) is 0. The fraction of sp³-hybridized carbons (Fsp3) is 0.364. The minimum atomic E-state index is 0. The molecule has 0 bridgehead atoms. The first-order valence-corrected chi connectivity index (χ1v) is 52.4. The van der Waals surface area contributed by atoms with Gasteiger partial charge in [0.2, 0.25) is 22.7 Å². The molecule has 0 aliphatic heterocycles. The Kier molecular flexibility index (Phi) is 55.4. The van der Waals surface area contributed by atoms with Crippen LogP contribution in [0.1, 0.15) is 405 Å². The Labute approximate surface area is 924 Å². The predicted molar refractivity (Wildman–Crippen MR) is 618 cm³/mol. The average Bonchev–Trinajstić information content (AvgIpc) is 0.767. The summed E-state index contributed by atoms with van der Waals surface area (Å²) in [4.78, 5) is 16.7. The first-order chi connectivity index (χ1) is 66.6. The Morgan fingerprint density at radius 2 is 0.222 bits per heavy atom. The van der Waals surface area contributed by atoms with Crippen molar-refractivity contribution >= 4 is 69.2 Å². The Hall–Kier alpha value is -9.45. The molecule has 13 rings (SSSR count). The van der Waals surface area contributed by atoms with Gasteiger partial charge in [0.1, 0.15) is 0 Å². The molecule has 0 aliphatic carbocycles. The van der Waals surface area contributed by atoms with Crippen molar-refractivity contribution in [3.63, 3.8) is 0 Å². The maximum Gasteiger partial charge on any atom is 2.00 e. The Morgan fingerprint density at radius 1 is 0.153 bits per heavy atom. The van der Waals surface area contributed by atoms with Crippen molar-refractivity contribution in [2.45, 2.75) is 316 Å². The standard InChI is InChI=1S/4C31H37N.C6H6.2CHCl2.2ClH.2Ni/c4*1-19(2)23-13-10-14-24(20(3)4)29(23)27-17-12-18-28(31(27)32-9)30-25(21(5)6)15-11-16-26(30)22(7)8;1-2-4-6-5-3-1;2*2-1-3;;;;/h4*10-22H,1-8H3;1-6H;2*1H;2*1H;;/q;;;;;2*-1;;;2*+2/p-2. The number of rotatable bonds is 24. The molecule has 0 fully saturated rings. The van der Waals surface area contributed by atoms with E-state index in [1.807, 2.05) is 36.4 Å². The van der Waals surface area contributed by atoms with Crippen LogP contribution in [0.2, 0.25) is 0 Å². The number of hydrogen-bond acceptors (Lipinski definition) is 0. The summed E-state index contributed by atoms with van der Waals surface area (Å²) in [5.74, 6) is 6.22. The molecule has 144 heavy (non-hydrogen) atoms. The SMILES string of the molecule is Cl[CH-]Cl.Cl[CH-]Cl.[C-]#[N+]c1c(-c2c(C(C)C)cccc2C(C)C)cccc1-c1c(C(C)C)cccc1C(C)C.[C-]#[N+]c1c(-c2c(C(C)C)cccc2C(C)C)cccc1-c1c(C(C)C)cccc1C(C)C.[C-]#[N+]c1c(-c2c(C(C)C)cccc2C(C)C)cccc1-c1c(C(C)C)cccc1C(C)C.[C-]#[N+]c1c(-c2c(C(C)C)cccc2C(C)C)cccc1-c1c(C(C)C)cccc1C(C)C.[Cl-].[Cl-].[Ni+2].[Ni+2].c1ccccc1. The van der Waals surface area contributed by atoms with Gasteiger partial charge in [0.15, 0.2) is 0 Å². The number of benzene rings is 13. The van der Waals surface area contributed by atoms with Gasteiger partial charge in [-0.1, -0.05) is 476 Å². The number of para-hydroxylation sites is 4. The van der Waals surface area contributed by atoms with E-state index < -0.39 is 0 Å². The molecular weight excluding hydrogens is 1970 g/mol. The Balaban J connectivity index is 0.000000469. The van der Waals surface area contributed by atoms with Gasteiger partial charge in [-0.2, -0.15) is 10.7 Å². The first kappa shape index (κ1) is 129. The van der Waals surface area contributed by atoms with Crippen molar-refractivity contribution < 1.29 is 57.8 Å². The third-order valence-electron chi connectivity index (χ3n) is 26.4. The van der Waals surface area contributed by atoms with E-state index in [4.69, 9.17) is 26.3 Å². The second-order valence-corrected chi connectivity index (χ2v) is 42.9. The van der Waals surface area contributed by atoms with Crippen molar-refractivity contribution in [3.05, 3.63) is 400 Å². The minimum Gasteiger partial charge on any atom is -1.00 e. The molecule has 0 aliphatic rings. The summed E-state index contributed by atoms with van der Waals surface area (Å²) in [7, 11) is 0. The van der Waals surface area contributed by atoms with Gasteiger partial charge in [-0.25, -0.2) is 19.4 Å². The maximum atomic E-state index is 8.26. The number of hydrogen-bond donors (Lipinski definition) is 0. The molecule has 0 aromatic heterocycles. The third-order valence-corrected chi connectivity index (χ3v) is 26.4. The Bertz CT molecular complexity index is 5110. The molecule has 0 spiro atoms. The summed E-state index contributed by atoms with van der Waals surface area (Å²) in [5, 5.41) is 1.89. The van der Waals surface area contributed by atoms with Gasteiger partial charge in [-0.3, -0.25) is 0 Å². The average molecular weight is 2130 g/mol. The monoisotopic (exact) mass is 2120 g/mol. The van der Waals surface area contributed by atoms with E-state index in [9.17, 15) is 0 Å². The van der Waals surface area contributed by atoms with Crippen molar-refractivity contribution in [2.75, 3.05) is 0 Å². The fourth-order valence-electron chi connectivity index (χ4n) is 19.6. The van der Waals surface area contributed by atoms with Crippen molar-refractivity contribution in [1.82, 2.24) is 0 Å². The van der Waals surface area contributed by atoms with Gasteiger partial charge in [0.25, 0.3) is 0 Å². The normalized spacial score (nSPS) is 10.9. The van der Waals surface area contributed by atoms with Crippen LogP contribution in [0.3, 0.4) is 0 Å². The van der Waals surface area contributed by atoms with Crippen LogP contribution < -0.4 is 24.8 Å². The summed E-state index contributed by atoms with van der Waals surface area (Å²) < 4.78 is 0. The van der Waals surface area contributed by atoms with Gasteiger partial charge in [-0.15, -0.1) is 0 Å². The molecule has 766 valence electrons. The zero-order valence-corrected chi connectivity index (χ0v) is 97.8. The zero-order chi connectivity index (χ0) is 104. The van der Waals surface area contributed by atoms with Crippen LogP contribution in [-0.4, -0.2) is 0 Å². The van der Waals surface area contributed by atoms with E-state index in [1.54, 1.807) is 0 Å². The molecule has 4 nitrogen and oxygen atoms in total. The first-order valence-electron chi connectivity index (χ1n) is 50.7. The van der Waals surface area contributed by atoms with E-state index in [0.29, 0.717) is 94.7 Å². The second kappa shape index (κ2) is 62.0. The van der Waals surface area contributed by atoms with E-state index >= 15 is 0 Å². The third kappa shape index (κ3) is 31.8. The van der Waals surface area contributed by atoms with E-state index in [-0.39, 0.29) is 57.8 Å². The van der Waals surface area contributed by atoms with Crippen LogP contribution in [0, 0.1) is 37.0 Å². The summed E-state index contributed by atoms with van der Waals surface area (Å²) in [6.45, 7) is 105. The van der Waals surface area contributed by atoms with Crippen LogP contribution in [0.25, 0.3) is 108 Å². The Morgan fingerprint density at radius 3 is 0.285 bits per heavy atom. The van der Waals surface area contributed by atoms with Gasteiger partial charge in [0, 0.05) is 0 Å². The second-order valence-electron chi connectivity index (χ2n) is 41.5. The van der Waals surface area contributed by atoms with Gasteiger partial charge in [0.05, 0.1) is 26.3 Å². The van der Waals surface area contributed by atoms with Crippen LogP contribution in [0.15, 0.2) is 255 Å². The van der Waals surface area contributed by atoms with Crippen LogP contribution >= 0.6 is 46.4 Å². The molecule has 0 radical (unpaired) electrons. The molecule has 0 unspecified atom stereocenters. The van der Waals surface area contributed by atoms with E-state index in [0.717, 1.165) is 77.9 Å². The van der Waals surface area contributed by atoms with Crippen molar-refractivity contribution in [3.8, 4) is 89.0 Å². The summed E-state index contributed by atoms with van der Waals surface area (Å²) in [5.41, 5.74) is 42.7. The van der Waals surface area contributed by atoms with Gasteiger partial charge >= 0.3 is 33.0 Å².